The zero-order chi connectivity index (χ0) is 24.1. The molecule has 1 aliphatic carbocycles. The minimum absolute atomic E-state index is 0.0370. The lowest BCUT2D eigenvalue weighted by Gasteiger charge is -2.17. The van der Waals surface area contributed by atoms with E-state index in [0.717, 1.165) is 35.0 Å². The van der Waals surface area contributed by atoms with Gasteiger partial charge in [0.05, 0.1) is 24.8 Å². The number of fused-ring (bicyclic) bond motifs is 3. The number of rotatable bonds is 10. The highest BCUT2D eigenvalue weighted by atomic mass is 32.2. The molecule has 1 aromatic carbocycles. The average molecular weight is 500 g/mol. The van der Waals surface area contributed by atoms with Crippen molar-refractivity contribution in [2.24, 2.45) is 5.92 Å². The van der Waals surface area contributed by atoms with Crippen molar-refractivity contribution in [1.29, 1.82) is 0 Å². The van der Waals surface area contributed by atoms with E-state index in [2.05, 4.69) is 18.8 Å². The van der Waals surface area contributed by atoms with E-state index < -0.39 is 0 Å². The van der Waals surface area contributed by atoms with Gasteiger partial charge in [-0.2, -0.15) is 0 Å². The molecule has 4 rings (SSSR count). The van der Waals surface area contributed by atoms with Crippen molar-refractivity contribution in [2.45, 2.75) is 37.9 Å². The number of nitrogens with one attached hydrogen (secondary N) is 1. The maximum Gasteiger partial charge on any atom is 0.263 e. The Morgan fingerprint density at radius 2 is 2.18 bits per heavy atom. The third kappa shape index (κ3) is 5.31. The highest BCUT2D eigenvalue weighted by molar-refractivity contribution is 7.99. The van der Waals surface area contributed by atoms with Gasteiger partial charge in [0.25, 0.3) is 5.56 Å². The molecule has 3 aromatic rings. The summed E-state index contributed by atoms with van der Waals surface area (Å²) in [5.74, 6) is 1.92. The minimum Gasteiger partial charge on any atom is -0.493 e. The van der Waals surface area contributed by atoms with Gasteiger partial charge in [0, 0.05) is 11.4 Å². The number of ether oxygens (including phenoxy) is 2. The van der Waals surface area contributed by atoms with Crippen molar-refractivity contribution in [3.8, 4) is 11.5 Å². The maximum atomic E-state index is 13.3. The quantitative estimate of drug-likeness (QED) is 0.196. The molecule has 0 saturated carbocycles. The predicted molar refractivity (Wildman–Crippen MR) is 137 cm³/mol. The van der Waals surface area contributed by atoms with E-state index in [1.165, 1.54) is 16.6 Å². The van der Waals surface area contributed by atoms with E-state index in [4.69, 9.17) is 14.5 Å². The normalized spacial score (nSPS) is 15.1. The maximum absolute atomic E-state index is 13.3. The molecule has 0 aliphatic heterocycles. The first-order valence-corrected chi connectivity index (χ1v) is 13.1. The van der Waals surface area contributed by atoms with Gasteiger partial charge in [-0.3, -0.25) is 14.2 Å². The van der Waals surface area contributed by atoms with Crippen LogP contribution in [0.15, 0.2) is 46.9 Å². The number of thiophene rings is 1. The number of nitrogens with zero attached hydrogens (tertiary/aromatic N) is 2. The van der Waals surface area contributed by atoms with Gasteiger partial charge in [0.2, 0.25) is 5.91 Å². The van der Waals surface area contributed by atoms with Crippen LogP contribution in [-0.2, 0) is 24.2 Å². The third-order valence-corrected chi connectivity index (χ3v) is 7.90. The van der Waals surface area contributed by atoms with E-state index in [9.17, 15) is 9.59 Å². The number of aromatic nitrogens is 2. The number of amides is 1. The predicted octanol–water partition coefficient (Wildman–Crippen LogP) is 4.06. The smallest absolute Gasteiger partial charge is 0.263 e. The third-order valence-electron chi connectivity index (χ3n) is 5.78. The van der Waals surface area contributed by atoms with E-state index in [0.29, 0.717) is 42.3 Å². The van der Waals surface area contributed by atoms with Gasteiger partial charge in [-0.1, -0.05) is 36.9 Å². The fraction of sp³-hybridized carbons (Fsp3) is 0.400. The molecule has 9 heteroatoms. The van der Waals surface area contributed by atoms with E-state index in [1.54, 1.807) is 29.1 Å². The molecular weight excluding hydrogens is 470 g/mol. The SMILES string of the molecule is C=CCn1c(SCC(=O)NCCOc2ccccc2OC)nc2sc3c(c2c1=O)CC[C@@H](C)C3. The summed E-state index contributed by atoms with van der Waals surface area (Å²) in [6.45, 7) is 7.08. The number of hydrogen-bond donors (Lipinski definition) is 1. The molecule has 0 bridgehead atoms. The van der Waals surface area contributed by atoms with E-state index in [1.807, 2.05) is 24.3 Å². The first-order chi connectivity index (χ1) is 16.5. The number of allylic oxidation sites excluding steroid dienone is 1. The first kappa shape index (κ1) is 24.3. The number of benzene rings is 1. The molecular formula is C25H29N3O4S2. The molecule has 180 valence electrons. The highest BCUT2D eigenvalue weighted by Gasteiger charge is 2.24. The Hall–Kier alpha value is -2.78. The van der Waals surface area contributed by atoms with Gasteiger partial charge in [-0.05, 0) is 42.9 Å². The Bertz CT molecular complexity index is 1250. The molecule has 2 heterocycles. The van der Waals surface area contributed by atoms with Crippen LogP contribution >= 0.6 is 23.1 Å². The fourth-order valence-electron chi connectivity index (χ4n) is 4.08. The zero-order valence-corrected chi connectivity index (χ0v) is 21.1. The minimum atomic E-state index is -0.146. The van der Waals surface area contributed by atoms with Crippen molar-refractivity contribution in [3.05, 3.63) is 57.7 Å². The largest absolute Gasteiger partial charge is 0.493 e. The summed E-state index contributed by atoms with van der Waals surface area (Å²) >= 11 is 2.89. The summed E-state index contributed by atoms with van der Waals surface area (Å²) < 4.78 is 12.6. The van der Waals surface area contributed by atoms with Gasteiger partial charge in [0.1, 0.15) is 11.4 Å². The van der Waals surface area contributed by atoms with Crippen LogP contribution in [0.2, 0.25) is 0 Å². The zero-order valence-electron chi connectivity index (χ0n) is 19.5. The summed E-state index contributed by atoms with van der Waals surface area (Å²) in [5.41, 5.74) is 1.13. The molecule has 0 fully saturated rings. The molecule has 1 N–H and O–H groups in total. The van der Waals surface area contributed by atoms with Crippen LogP contribution in [0.3, 0.4) is 0 Å². The summed E-state index contributed by atoms with van der Waals surface area (Å²) in [7, 11) is 1.59. The molecule has 2 aromatic heterocycles. The summed E-state index contributed by atoms with van der Waals surface area (Å²) in [4.78, 5) is 32.6. The van der Waals surface area contributed by atoms with Gasteiger partial charge >= 0.3 is 0 Å². The van der Waals surface area contributed by atoms with Gasteiger partial charge in [-0.15, -0.1) is 17.9 Å². The van der Waals surface area contributed by atoms with Crippen molar-refractivity contribution in [1.82, 2.24) is 14.9 Å². The molecule has 1 atom stereocenters. The molecule has 0 spiro atoms. The lowest BCUT2D eigenvalue weighted by atomic mass is 9.89. The monoisotopic (exact) mass is 499 g/mol. The number of para-hydroxylation sites is 2. The molecule has 0 saturated heterocycles. The van der Waals surface area contributed by atoms with Gasteiger partial charge < -0.3 is 14.8 Å². The highest BCUT2D eigenvalue weighted by Crippen LogP contribution is 2.36. The van der Waals surface area contributed by atoms with Crippen LogP contribution in [0.5, 0.6) is 11.5 Å². The average Bonchev–Trinajstić information content (AvgIpc) is 3.20. The van der Waals surface area contributed by atoms with Gasteiger partial charge in [-0.25, -0.2) is 4.98 Å². The van der Waals surface area contributed by atoms with Crippen molar-refractivity contribution in [3.63, 3.8) is 0 Å². The van der Waals surface area contributed by atoms with Gasteiger partial charge in [0.15, 0.2) is 16.7 Å². The van der Waals surface area contributed by atoms with Crippen LogP contribution in [-0.4, -0.2) is 41.5 Å². The van der Waals surface area contributed by atoms with Crippen molar-refractivity contribution in [2.75, 3.05) is 26.0 Å². The van der Waals surface area contributed by atoms with E-state index >= 15 is 0 Å². The molecule has 1 amide bonds. The summed E-state index contributed by atoms with van der Waals surface area (Å²) in [5, 5.41) is 4.14. The Morgan fingerprint density at radius 3 is 2.94 bits per heavy atom. The first-order valence-electron chi connectivity index (χ1n) is 11.3. The second kappa shape index (κ2) is 11.1. The number of carbonyl (C=O) groups excluding carboxylic acids is 1. The fourth-order valence-corrected chi connectivity index (χ4v) is 6.34. The molecule has 1 aliphatic rings. The van der Waals surface area contributed by atoms with Crippen LogP contribution in [0, 0.1) is 5.92 Å². The Kier molecular flexibility index (Phi) is 7.95. The number of aryl methyl sites for hydroxylation is 1. The summed E-state index contributed by atoms with van der Waals surface area (Å²) in [6.07, 6.45) is 4.71. The van der Waals surface area contributed by atoms with Crippen molar-refractivity contribution >= 4 is 39.2 Å². The Morgan fingerprint density at radius 1 is 1.38 bits per heavy atom. The number of hydrogen-bond acceptors (Lipinski definition) is 7. The second-order valence-electron chi connectivity index (χ2n) is 8.27. The standard InChI is InChI=1S/C25H29N3O4S2/c1-4-12-28-24(30)22-17-10-9-16(2)14-20(17)34-23(22)27-25(28)33-15-21(29)26-11-13-32-19-8-6-5-7-18(19)31-3/h4-8,16H,1,9-15H2,2-3H3,(H,26,29)/t16-/m1/s1. The van der Waals surface area contributed by atoms with Crippen LogP contribution in [0.4, 0.5) is 0 Å². The molecule has 7 nitrogen and oxygen atoms in total. The van der Waals surface area contributed by atoms with Crippen LogP contribution in [0.1, 0.15) is 23.8 Å². The number of carbonyl (C=O) groups is 1. The number of thioether (sulfide) groups is 1. The number of methoxy groups -OCH3 is 1. The summed E-state index contributed by atoms with van der Waals surface area (Å²) in [6, 6.07) is 7.38. The molecule has 0 radical (unpaired) electrons. The lowest BCUT2D eigenvalue weighted by Crippen LogP contribution is -2.30. The van der Waals surface area contributed by atoms with Crippen LogP contribution in [0.25, 0.3) is 10.2 Å². The van der Waals surface area contributed by atoms with Crippen molar-refractivity contribution < 1.29 is 14.3 Å². The Balaban J connectivity index is 1.40. The molecule has 0 unspecified atom stereocenters. The lowest BCUT2D eigenvalue weighted by molar-refractivity contribution is -0.118. The second-order valence-corrected chi connectivity index (χ2v) is 10.3. The molecule has 34 heavy (non-hydrogen) atoms. The van der Waals surface area contributed by atoms with E-state index in [-0.39, 0.29) is 17.2 Å². The Labute approximate surface area is 207 Å². The van der Waals surface area contributed by atoms with Crippen LogP contribution < -0.4 is 20.3 Å². The topological polar surface area (TPSA) is 82.5 Å².